The summed E-state index contributed by atoms with van der Waals surface area (Å²) in [7, 11) is 0. The summed E-state index contributed by atoms with van der Waals surface area (Å²) in [6.07, 6.45) is 0. The highest BCUT2D eigenvalue weighted by atomic mass is 16.4. The first-order chi connectivity index (χ1) is 34.2. The monoisotopic (exact) mass is 886 g/mol. The van der Waals surface area contributed by atoms with Crippen LogP contribution in [-0.2, 0) is 0 Å². The molecule has 0 fully saturated rings. The van der Waals surface area contributed by atoms with Gasteiger partial charge in [0.05, 0.1) is 28.1 Å². The van der Waals surface area contributed by atoms with Crippen LogP contribution in [0.25, 0.3) is 109 Å². The van der Waals surface area contributed by atoms with E-state index in [0.29, 0.717) is 34.1 Å². The molecule has 0 radical (unpaired) electrons. The smallest absolute Gasteiger partial charge is 0.257 e. The molecule has 69 heavy (non-hydrogen) atoms. The van der Waals surface area contributed by atoms with E-state index in [1.54, 1.807) is 0 Å². The molecule has 0 amide bonds. The summed E-state index contributed by atoms with van der Waals surface area (Å²) in [4.78, 5) is 14.8. The maximum absolute atomic E-state index is 6.73. The Balaban J connectivity index is 0.949. The summed E-state index contributed by atoms with van der Waals surface area (Å²) in [6, 6.07) is 71.1. The van der Waals surface area contributed by atoms with E-state index >= 15 is 0 Å². The second-order valence-electron chi connectivity index (χ2n) is 17.5. The fourth-order valence-electron chi connectivity index (χ4n) is 10.4. The fourth-order valence-corrected chi connectivity index (χ4v) is 10.4. The number of anilines is 6. The number of nitrogens with zero attached hydrogens (tertiary/aromatic N) is 6. The molecule has 0 aliphatic heterocycles. The zero-order valence-electron chi connectivity index (χ0n) is 36.5. The Kier molecular flexibility index (Phi) is 7.87. The van der Waals surface area contributed by atoms with Crippen LogP contribution in [0.15, 0.2) is 220 Å². The summed E-state index contributed by atoms with van der Waals surface area (Å²) in [6.45, 7) is 0. The molecular formula is C60H34N6O3. The number of furan rings is 3. The van der Waals surface area contributed by atoms with Crippen LogP contribution in [0.3, 0.4) is 0 Å². The summed E-state index contributed by atoms with van der Waals surface area (Å²) in [5.74, 6) is 0.983. The molecule has 0 atom stereocenters. The van der Waals surface area contributed by atoms with Gasteiger partial charge in [-0.2, -0.15) is 9.97 Å². The van der Waals surface area contributed by atoms with Crippen molar-refractivity contribution in [2.24, 2.45) is 0 Å². The second kappa shape index (κ2) is 14.4. The molecule has 0 bridgehead atoms. The summed E-state index contributed by atoms with van der Waals surface area (Å²) >= 11 is 0. The Morgan fingerprint density at radius 1 is 0.304 bits per heavy atom. The number of aromatic nitrogens is 4. The molecule has 9 heteroatoms. The van der Waals surface area contributed by atoms with Gasteiger partial charge in [-0.3, -0.25) is 9.80 Å². The topological polar surface area (TPSA) is 97.5 Å². The zero-order chi connectivity index (χ0) is 45.2. The van der Waals surface area contributed by atoms with Gasteiger partial charge in [-0.05, 0) is 82.2 Å². The number of pyridine rings is 1. The highest BCUT2D eigenvalue weighted by molar-refractivity contribution is 6.17. The van der Waals surface area contributed by atoms with E-state index in [0.717, 1.165) is 110 Å². The van der Waals surface area contributed by atoms with Crippen LogP contribution in [0.2, 0.25) is 0 Å². The molecule has 15 rings (SSSR count). The Morgan fingerprint density at radius 3 is 1.28 bits per heavy atom. The van der Waals surface area contributed by atoms with Crippen molar-refractivity contribution in [3.05, 3.63) is 206 Å². The van der Waals surface area contributed by atoms with Crippen molar-refractivity contribution < 1.29 is 13.3 Å². The molecule has 5 heterocycles. The normalized spacial score (nSPS) is 12.1. The predicted molar refractivity (Wildman–Crippen MR) is 279 cm³/mol. The Morgan fingerprint density at radius 2 is 0.739 bits per heavy atom. The summed E-state index contributed by atoms with van der Waals surface area (Å²) in [5, 5.41) is 23.3. The molecule has 9 nitrogen and oxygen atoms in total. The van der Waals surface area contributed by atoms with Crippen LogP contribution < -0.4 is 9.80 Å². The molecule has 10 aromatic carbocycles. The predicted octanol–water partition coefficient (Wildman–Crippen LogP) is 16.5. The lowest BCUT2D eigenvalue weighted by Crippen LogP contribution is -2.15. The van der Waals surface area contributed by atoms with Gasteiger partial charge < -0.3 is 13.3 Å². The Bertz CT molecular complexity index is 4210. The third-order valence-electron chi connectivity index (χ3n) is 13.5. The first-order valence-electron chi connectivity index (χ1n) is 22.9. The maximum atomic E-state index is 6.73. The van der Waals surface area contributed by atoms with Crippen LogP contribution in [0, 0.1) is 0 Å². The first-order valence-corrected chi connectivity index (χ1v) is 22.9. The van der Waals surface area contributed by atoms with Gasteiger partial charge in [0, 0.05) is 55.2 Å². The number of fused-ring (bicyclic) bond motifs is 13. The van der Waals surface area contributed by atoms with Crippen molar-refractivity contribution >= 4 is 144 Å². The quantitative estimate of drug-likeness (QED) is 0.151. The number of hydrogen-bond donors (Lipinski definition) is 0. The van der Waals surface area contributed by atoms with E-state index in [4.69, 9.17) is 33.4 Å². The molecule has 5 aromatic heterocycles. The lowest BCUT2D eigenvalue weighted by Gasteiger charge is -2.27. The molecule has 0 spiro atoms. The third kappa shape index (κ3) is 5.71. The fraction of sp³-hybridized carbons (Fsp3) is 0. The molecule has 0 aliphatic rings. The van der Waals surface area contributed by atoms with E-state index in [2.05, 4.69) is 168 Å². The zero-order valence-corrected chi connectivity index (χ0v) is 36.5. The highest BCUT2D eigenvalue weighted by Crippen LogP contribution is 2.47. The van der Waals surface area contributed by atoms with Gasteiger partial charge in [-0.1, -0.05) is 133 Å². The van der Waals surface area contributed by atoms with Crippen LogP contribution >= 0.6 is 0 Å². The third-order valence-corrected chi connectivity index (χ3v) is 13.5. The maximum Gasteiger partial charge on any atom is 0.257 e. The van der Waals surface area contributed by atoms with Crippen LogP contribution in [0.1, 0.15) is 0 Å². The van der Waals surface area contributed by atoms with Gasteiger partial charge in [0.25, 0.3) is 11.7 Å². The van der Waals surface area contributed by atoms with E-state index < -0.39 is 0 Å². The van der Waals surface area contributed by atoms with E-state index in [1.807, 2.05) is 48.5 Å². The van der Waals surface area contributed by atoms with Gasteiger partial charge in [-0.25, -0.2) is 0 Å². The van der Waals surface area contributed by atoms with Gasteiger partial charge in [-0.15, -0.1) is 10.2 Å². The SMILES string of the molecule is c1ccc2c(N(c3ccc4c(c3)oc3ccccc34)c3ccc4c(n3)oc3nc(N(c5ccc6c(c5)oc5ccccc56)c5c6ccccc6cc6ccccc56)nnc34)c3ccccc3cc2c1. The summed E-state index contributed by atoms with van der Waals surface area (Å²) in [5.41, 5.74) is 7.98. The number of hydrogen-bond acceptors (Lipinski definition) is 9. The van der Waals surface area contributed by atoms with Crippen molar-refractivity contribution in [3.63, 3.8) is 0 Å². The molecule has 322 valence electrons. The standard InChI is InChI=1S/C60H34N6O3/c1-5-17-41-35(13-1)31-36-14-2-6-18-42(36)56(41)65(39-25-27-47-45-21-9-11-23-50(45)67-52(47)33-39)54-30-29-49-55-59(69-58(49)61-54)62-60(64-63-55)66(40-26-28-48-46-22-10-12-24-51(46)68-53(48)34-40)57-43-19-7-3-15-37(43)32-38-16-4-8-20-44(38)57/h1-34H. The molecular weight excluding hydrogens is 853 g/mol. The number of para-hydroxylation sites is 2. The minimum absolute atomic E-state index is 0.310. The van der Waals surface area contributed by atoms with Crippen LogP contribution in [0.5, 0.6) is 0 Å². The average molecular weight is 887 g/mol. The largest absolute Gasteiger partial charge is 0.456 e. The average Bonchev–Trinajstić information content (AvgIpc) is 4.09. The van der Waals surface area contributed by atoms with Crippen molar-refractivity contribution in [2.75, 3.05) is 9.80 Å². The second-order valence-corrected chi connectivity index (χ2v) is 17.5. The Hall–Kier alpha value is -9.60. The molecule has 15 aromatic rings. The minimum atomic E-state index is 0.310. The van der Waals surface area contributed by atoms with Crippen molar-refractivity contribution in [1.29, 1.82) is 0 Å². The number of benzene rings is 10. The van der Waals surface area contributed by atoms with Gasteiger partial charge in [0.2, 0.25) is 5.71 Å². The molecule has 0 unspecified atom stereocenters. The van der Waals surface area contributed by atoms with E-state index in [9.17, 15) is 0 Å². The van der Waals surface area contributed by atoms with Crippen molar-refractivity contribution in [1.82, 2.24) is 20.2 Å². The number of rotatable bonds is 6. The lowest BCUT2D eigenvalue weighted by molar-refractivity contribution is 0.637. The summed E-state index contributed by atoms with van der Waals surface area (Å²) < 4.78 is 19.7. The highest BCUT2D eigenvalue weighted by Gasteiger charge is 2.27. The first kappa shape index (κ1) is 37.6. The Labute approximate surface area is 391 Å². The van der Waals surface area contributed by atoms with Crippen LogP contribution in [-0.4, -0.2) is 20.2 Å². The minimum Gasteiger partial charge on any atom is -0.456 e. The van der Waals surface area contributed by atoms with E-state index in [-0.39, 0.29) is 0 Å². The van der Waals surface area contributed by atoms with Gasteiger partial charge in [0.15, 0.2) is 5.52 Å². The van der Waals surface area contributed by atoms with Gasteiger partial charge in [0.1, 0.15) is 28.1 Å². The molecule has 0 saturated carbocycles. The van der Waals surface area contributed by atoms with Crippen LogP contribution in [0.4, 0.5) is 34.5 Å². The lowest BCUT2D eigenvalue weighted by atomic mass is 9.99. The van der Waals surface area contributed by atoms with Gasteiger partial charge >= 0.3 is 0 Å². The molecule has 0 N–H and O–H groups in total. The molecule has 0 aliphatic carbocycles. The van der Waals surface area contributed by atoms with Crippen molar-refractivity contribution in [2.45, 2.75) is 0 Å². The van der Waals surface area contributed by atoms with E-state index in [1.165, 1.54) is 0 Å². The molecule has 0 saturated heterocycles. The van der Waals surface area contributed by atoms with Crippen molar-refractivity contribution in [3.8, 4) is 0 Å².